The van der Waals surface area contributed by atoms with Crippen molar-refractivity contribution in [2.45, 2.75) is 6.42 Å². The molecule has 0 aliphatic rings. The molecule has 0 aliphatic heterocycles. The first kappa shape index (κ1) is 11.0. The first-order chi connectivity index (χ1) is 7.88. The Hall–Kier alpha value is -1.55. The Labute approximate surface area is 99.5 Å². The molecular formula is C12H15N3S. The molecule has 2 rings (SSSR count). The molecule has 0 spiro atoms. The number of nitrogens with one attached hydrogen (secondary N) is 2. The fourth-order valence-corrected chi connectivity index (χ4v) is 2.15. The molecular weight excluding hydrogens is 218 g/mol. The van der Waals surface area contributed by atoms with Crippen molar-refractivity contribution in [3.05, 3.63) is 40.6 Å². The van der Waals surface area contributed by atoms with Gasteiger partial charge in [0, 0.05) is 18.5 Å². The lowest BCUT2D eigenvalue weighted by atomic mass is 10.3. The summed E-state index contributed by atoms with van der Waals surface area (Å²) in [5, 5.41) is 8.44. The highest BCUT2D eigenvalue weighted by atomic mass is 32.1. The third-order valence-corrected chi connectivity index (χ3v) is 3.20. The molecule has 2 aromatic heterocycles. The van der Waals surface area contributed by atoms with Gasteiger partial charge in [-0.1, -0.05) is 12.1 Å². The van der Waals surface area contributed by atoms with Gasteiger partial charge in [0.15, 0.2) is 0 Å². The maximum absolute atomic E-state index is 4.39. The van der Waals surface area contributed by atoms with Crippen LogP contribution in [0, 0.1) is 0 Å². The van der Waals surface area contributed by atoms with Crippen LogP contribution >= 0.6 is 11.3 Å². The molecule has 2 N–H and O–H groups in total. The zero-order chi connectivity index (χ0) is 11.2. The van der Waals surface area contributed by atoms with Crippen molar-refractivity contribution >= 4 is 23.0 Å². The van der Waals surface area contributed by atoms with Crippen molar-refractivity contribution < 1.29 is 0 Å². The van der Waals surface area contributed by atoms with E-state index in [1.54, 1.807) is 11.3 Å². The van der Waals surface area contributed by atoms with Crippen LogP contribution in [0.2, 0.25) is 0 Å². The van der Waals surface area contributed by atoms with Crippen LogP contribution < -0.4 is 10.6 Å². The summed E-state index contributed by atoms with van der Waals surface area (Å²) in [4.78, 5) is 5.79. The topological polar surface area (TPSA) is 37.0 Å². The molecule has 0 unspecified atom stereocenters. The van der Waals surface area contributed by atoms with Crippen molar-refractivity contribution in [3.63, 3.8) is 0 Å². The highest BCUT2D eigenvalue weighted by molar-refractivity contribution is 7.09. The van der Waals surface area contributed by atoms with E-state index in [4.69, 9.17) is 0 Å². The third-order valence-electron chi connectivity index (χ3n) is 2.26. The molecule has 2 aromatic rings. The van der Waals surface area contributed by atoms with Crippen LogP contribution in [0.1, 0.15) is 4.88 Å². The third kappa shape index (κ3) is 2.97. The van der Waals surface area contributed by atoms with Crippen LogP contribution in [0.4, 0.5) is 11.6 Å². The standard InChI is InChI=1S/C12H15N3S/c1-13-11-5-2-6-12(15-11)14-8-7-10-4-3-9-16-10/h2-6,9H,7-8H2,1H3,(H2,13,14,15). The van der Waals surface area contributed by atoms with E-state index in [-0.39, 0.29) is 0 Å². The largest absolute Gasteiger partial charge is 0.373 e. The molecule has 2 heterocycles. The molecule has 0 saturated heterocycles. The molecule has 0 aromatic carbocycles. The molecule has 0 saturated carbocycles. The van der Waals surface area contributed by atoms with Crippen LogP contribution in [-0.4, -0.2) is 18.6 Å². The first-order valence-corrected chi connectivity index (χ1v) is 6.17. The van der Waals surface area contributed by atoms with Crippen LogP contribution in [0.25, 0.3) is 0 Å². The van der Waals surface area contributed by atoms with E-state index in [0.717, 1.165) is 24.6 Å². The van der Waals surface area contributed by atoms with E-state index in [2.05, 4.69) is 33.1 Å². The molecule has 0 fully saturated rings. The minimum absolute atomic E-state index is 0.890. The monoisotopic (exact) mass is 233 g/mol. The Morgan fingerprint density at radius 2 is 2.06 bits per heavy atom. The second-order valence-corrected chi connectivity index (χ2v) is 4.45. The van der Waals surface area contributed by atoms with Gasteiger partial charge < -0.3 is 10.6 Å². The second kappa shape index (κ2) is 5.51. The molecule has 16 heavy (non-hydrogen) atoms. The second-order valence-electron chi connectivity index (χ2n) is 3.41. The molecule has 0 aliphatic carbocycles. The van der Waals surface area contributed by atoms with Crippen LogP contribution in [0.15, 0.2) is 35.7 Å². The van der Waals surface area contributed by atoms with E-state index in [0.29, 0.717) is 0 Å². The normalized spacial score (nSPS) is 10.1. The minimum atomic E-state index is 0.890. The van der Waals surface area contributed by atoms with Crippen LogP contribution in [0.3, 0.4) is 0 Å². The summed E-state index contributed by atoms with van der Waals surface area (Å²) in [5.74, 6) is 1.81. The molecule has 3 nitrogen and oxygen atoms in total. The predicted molar refractivity (Wildman–Crippen MR) is 70.3 cm³/mol. The molecule has 0 radical (unpaired) electrons. The number of anilines is 2. The smallest absolute Gasteiger partial charge is 0.128 e. The van der Waals surface area contributed by atoms with Crippen molar-refractivity contribution in [2.24, 2.45) is 0 Å². The van der Waals surface area contributed by atoms with Crippen LogP contribution in [-0.2, 0) is 6.42 Å². The Balaban J connectivity index is 1.85. The van der Waals surface area contributed by atoms with Crippen molar-refractivity contribution in [2.75, 3.05) is 24.2 Å². The highest BCUT2D eigenvalue weighted by Gasteiger charge is 1.96. The summed E-state index contributed by atoms with van der Waals surface area (Å²) >= 11 is 1.79. The fourth-order valence-electron chi connectivity index (χ4n) is 1.44. The summed E-state index contributed by atoms with van der Waals surface area (Å²) in [7, 11) is 1.87. The summed E-state index contributed by atoms with van der Waals surface area (Å²) < 4.78 is 0. The summed E-state index contributed by atoms with van der Waals surface area (Å²) in [6.45, 7) is 0.917. The fraction of sp³-hybridized carbons (Fsp3) is 0.250. The quantitative estimate of drug-likeness (QED) is 0.834. The van der Waals surface area contributed by atoms with E-state index in [1.165, 1.54) is 4.88 Å². The lowest BCUT2D eigenvalue weighted by Gasteiger charge is -2.06. The number of thiophene rings is 1. The molecule has 0 bridgehead atoms. The van der Waals surface area contributed by atoms with Gasteiger partial charge in [-0.05, 0) is 30.0 Å². The maximum Gasteiger partial charge on any atom is 0.128 e. The maximum atomic E-state index is 4.39. The van der Waals surface area contributed by atoms with E-state index in [1.807, 2.05) is 25.2 Å². The zero-order valence-corrected chi connectivity index (χ0v) is 10.1. The average Bonchev–Trinajstić information content (AvgIpc) is 2.82. The van der Waals surface area contributed by atoms with Gasteiger partial charge in [0.1, 0.15) is 11.6 Å². The van der Waals surface area contributed by atoms with Gasteiger partial charge in [0.25, 0.3) is 0 Å². The van der Waals surface area contributed by atoms with Crippen molar-refractivity contribution in [1.82, 2.24) is 4.98 Å². The van der Waals surface area contributed by atoms with Gasteiger partial charge in [-0.25, -0.2) is 4.98 Å². The number of aromatic nitrogens is 1. The van der Waals surface area contributed by atoms with Gasteiger partial charge in [-0.3, -0.25) is 0 Å². The summed E-state index contributed by atoms with van der Waals surface area (Å²) in [6, 6.07) is 10.2. The number of rotatable bonds is 5. The Morgan fingerprint density at radius 1 is 1.19 bits per heavy atom. The number of pyridine rings is 1. The summed E-state index contributed by atoms with van der Waals surface area (Å²) in [6.07, 6.45) is 1.04. The molecule has 84 valence electrons. The Morgan fingerprint density at radius 3 is 2.81 bits per heavy atom. The van der Waals surface area contributed by atoms with Crippen LogP contribution in [0.5, 0.6) is 0 Å². The lowest BCUT2D eigenvalue weighted by molar-refractivity contribution is 1.03. The highest BCUT2D eigenvalue weighted by Crippen LogP contribution is 2.11. The van der Waals surface area contributed by atoms with Gasteiger partial charge in [-0.15, -0.1) is 11.3 Å². The van der Waals surface area contributed by atoms with Crippen molar-refractivity contribution in [1.29, 1.82) is 0 Å². The van der Waals surface area contributed by atoms with Crippen molar-refractivity contribution in [3.8, 4) is 0 Å². The zero-order valence-electron chi connectivity index (χ0n) is 9.23. The van der Waals surface area contributed by atoms with Gasteiger partial charge in [0.2, 0.25) is 0 Å². The Kier molecular flexibility index (Phi) is 3.77. The number of hydrogen-bond acceptors (Lipinski definition) is 4. The van der Waals surface area contributed by atoms with Gasteiger partial charge in [-0.2, -0.15) is 0 Å². The molecule has 4 heteroatoms. The lowest BCUT2D eigenvalue weighted by Crippen LogP contribution is -2.06. The predicted octanol–water partition coefficient (Wildman–Crippen LogP) is 2.84. The number of hydrogen-bond donors (Lipinski definition) is 2. The van der Waals surface area contributed by atoms with Gasteiger partial charge in [0.05, 0.1) is 0 Å². The summed E-state index contributed by atoms with van der Waals surface area (Å²) in [5.41, 5.74) is 0. The minimum Gasteiger partial charge on any atom is -0.373 e. The average molecular weight is 233 g/mol. The van der Waals surface area contributed by atoms with E-state index < -0.39 is 0 Å². The van der Waals surface area contributed by atoms with E-state index >= 15 is 0 Å². The first-order valence-electron chi connectivity index (χ1n) is 5.29. The number of nitrogens with zero attached hydrogens (tertiary/aromatic N) is 1. The molecule has 0 amide bonds. The molecule has 0 atom stereocenters. The van der Waals surface area contributed by atoms with Gasteiger partial charge >= 0.3 is 0 Å². The Bertz CT molecular complexity index is 426. The SMILES string of the molecule is CNc1cccc(NCCc2cccs2)n1. The van der Waals surface area contributed by atoms with E-state index in [9.17, 15) is 0 Å².